The Balaban J connectivity index is 1.89. The molecule has 1 aromatic heterocycles. The van der Waals surface area contributed by atoms with E-state index >= 15 is 0 Å². The third kappa shape index (κ3) is 3.35. The molecule has 0 fully saturated rings. The number of furan rings is 1. The van der Waals surface area contributed by atoms with Crippen molar-refractivity contribution in [3.8, 4) is 11.3 Å². The molecule has 1 amide bonds. The van der Waals surface area contributed by atoms with Crippen LogP contribution < -0.4 is 5.32 Å². The van der Waals surface area contributed by atoms with Crippen LogP contribution in [0.15, 0.2) is 59.0 Å². The van der Waals surface area contributed by atoms with Gasteiger partial charge in [0.15, 0.2) is 0 Å². The van der Waals surface area contributed by atoms with Crippen LogP contribution in [0, 0.1) is 6.92 Å². The van der Waals surface area contributed by atoms with Crippen molar-refractivity contribution in [2.24, 2.45) is 0 Å². The molecule has 3 rings (SSSR count). The Kier molecular flexibility index (Phi) is 4.69. The number of carbonyl (C=O) groups is 1. The minimum absolute atomic E-state index is 0.162. The molecular weight excluding hydrogens is 326 g/mol. The van der Waals surface area contributed by atoms with Crippen LogP contribution in [0.5, 0.6) is 0 Å². The minimum Gasteiger partial charge on any atom is -0.459 e. The van der Waals surface area contributed by atoms with E-state index in [1.165, 1.54) is 0 Å². The van der Waals surface area contributed by atoms with Gasteiger partial charge < -0.3 is 14.8 Å². The third-order valence-corrected chi connectivity index (χ3v) is 4.04. The SMILES string of the molecule is Cc1ccccc1C(=O)Nc1cc(-c2ccc(CO)o2)ccc1Cl. The van der Waals surface area contributed by atoms with Crippen molar-refractivity contribution in [1.29, 1.82) is 0 Å². The number of rotatable bonds is 4. The molecule has 2 aromatic carbocycles. The Hall–Kier alpha value is -2.56. The molecule has 0 saturated heterocycles. The van der Waals surface area contributed by atoms with Gasteiger partial charge in [0.05, 0.1) is 10.7 Å². The van der Waals surface area contributed by atoms with E-state index in [0.717, 1.165) is 11.1 Å². The Morgan fingerprint density at radius 1 is 1.17 bits per heavy atom. The fraction of sp³-hybridized carbons (Fsp3) is 0.105. The van der Waals surface area contributed by atoms with Crippen LogP contribution in [0.3, 0.4) is 0 Å². The zero-order chi connectivity index (χ0) is 17.1. The van der Waals surface area contributed by atoms with Crippen LogP contribution in [0.25, 0.3) is 11.3 Å². The maximum atomic E-state index is 12.5. The largest absolute Gasteiger partial charge is 0.459 e. The van der Waals surface area contributed by atoms with Crippen LogP contribution in [0.1, 0.15) is 21.7 Å². The van der Waals surface area contributed by atoms with E-state index in [4.69, 9.17) is 21.1 Å². The van der Waals surface area contributed by atoms with E-state index < -0.39 is 0 Å². The molecule has 3 aromatic rings. The second-order valence-electron chi connectivity index (χ2n) is 5.39. The number of aryl methyl sites for hydroxylation is 1. The van der Waals surface area contributed by atoms with Gasteiger partial charge in [-0.3, -0.25) is 4.79 Å². The average molecular weight is 342 g/mol. The maximum absolute atomic E-state index is 12.5. The van der Waals surface area contributed by atoms with Crippen molar-refractivity contribution in [3.63, 3.8) is 0 Å². The Labute approximate surface area is 144 Å². The predicted molar refractivity (Wildman–Crippen MR) is 94.2 cm³/mol. The van der Waals surface area contributed by atoms with Gasteiger partial charge in [-0.2, -0.15) is 0 Å². The summed E-state index contributed by atoms with van der Waals surface area (Å²) in [5, 5.41) is 12.4. The molecule has 2 N–H and O–H groups in total. The summed E-state index contributed by atoms with van der Waals surface area (Å²) in [7, 11) is 0. The van der Waals surface area contributed by atoms with E-state index in [-0.39, 0.29) is 12.5 Å². The average Bonchev–Trinajstić information content (AvgIpc) is 3.06. The lowest BCUT2D eigenvalue weighted by atomic mass is 10.1. The molecule has 24 heavy (non-hydrogen) atoms. The molecule has 1 heterocycles. The summed E-state index contributed by atoms with van der Waals surface area (Å²) < 4.78 is 5.52. The molecule has 0 atom stereocenters. The molecular formula is C19H16ClNO3. The van der Waals surface area contributed by atoms with Crippen molar-refractivity contribution < 1.29 is 14.3 Å². The number of halogens is 1. The first-order chi connectivity index (χ1) is 11.6. The number of nitrogens with one attached hydrogen (secondary N) is 1. The zero-order valence-corrected chi connectivity index (χ0v) is 13.8. The second-order valence-corrected chi connectivity index (χ2v) is 5.79. The van der Waals surface area contributed by atoms with Crippen molar-refractivity contribution in [2.75, 3.05) is 5.32 Å². The van der Waals surface area contributed by atoms with E-state index in [2.05, 4.69) is 5.32 Å². The minimum atomic E-state index is -0.220. The molecule has 0 aliphatic carbocycles. The number of amides is 1. The number of aliphatic hydroxyl groups is 1. The van der Waals surface area contributed by atoms with Gasteiger partial charge in [-0.25, -0.2) is 0 Å². The van der Waals surface area contributed by atoms with E-state index in [1.54, 1.807) is 36.4 Å². The lowest BCUT2D eigenvalue weighted by Gasteiger charge is -2.10. The summed E-state index contributed by atoms with van der Waals surface area (Å²) in [5.74, 6) is 0.857. The summed E-state index contributed by atoms with van der Waals surface area (Å²) in [5.41, 5.74) is 2.75. The highest BCUT2D eigenvalue weighted by molar-refractivity contribution is 6.34. The number of hydrogen-bond donors (Lipinski definition) is 2. The fourth-order valence-corrected chi connectivity index (χ4v) is 2.57. The van der Waals surface area contributed by atoms with Gasteiger partial charge in [0.25, 0.3) is 5.91 Å². The number of carbonyl (C=O) groups excluding carboxylic acids is 1. The summed E-state index contributed by atoms with van der Waals surface area (Å²) >= 11 is 6.20. The smallest absolute Gasteiger partial charge is 0.255 e. The molecule has 0 unspecified atom stereocenters. The van der Waals surface area contributed by atoms with Crippen LogP contribution in [0.2, 0.25) is 5.02 Å². The van der Waals surface area contributed by atoms with Gasteiger partial charge in [-0.15, -0.1) is 0 Å². The van der Waals surface area contributed by atoms with E-state index in [0.29, 0.717) is 27.8 Å². The topological polar surface area (TPSA) is 62.5 Å². The van der Waals surface area contributed by atoms with Gasteiger partial charge in [0.2, 0.25) is 0 Å². The van der Waals surface area contributed by atoms with Crippen LogP contribution in [-0.2, 0) is 6.61 Å². The number of hydrogen-bond acceptors (Lipinski definition) is 3. The molecule has 0 spiro atoms. The highest BCUT2D eigenvalue weighted by Crippen LogP contribution is 2.30. The molecule has 0 bridgehead atoms. The summed E-state index contributed by atoms with van der Waals surface area (Å²) in [6.45, 7) is 1.72. The summed E-state index contributed by atoms with van der Waals surface area (Å²) in [6.07, 6.45) is 0. The molecule has 0 aliphatic rings. The molecule has 0 aliphatic heterocycles. The lowest BCUT2D eigenvalue weighted by molar-refractivity contribution is 0.102. The third-order valence-electron chi connectivity index (χ3n) is 3.71. The fourth-order valence-electron chi connectivity index (χ4n) is 2.41. The first kappa shape index (κ1) is 16.3. The summed E-state index contributed by atoms with van der Waals surface area (Å²) in [6, 6.07) is 16.1. The zero-order valence-electron chi connectivity index (χ0n) is 13.0. The van der Waals surface area contributed by atoms with Crippen LogP contribution in [0.4, 0.5) is 5.69 Å². The maximum Gasteiger partial charge on any atom is 0.255 e. The second kappa shape index (κ2) is 6.91. The lowest BCUT2D eigenvalue weighted by Crippen LogP contribution is -2.13. The molecule has 0 radical (unpaired) electrons. The number of aliphatic hydroxyl groups excluding tert-OH is 1. The van der Waals surface area contributed by atoms with Gasteiger partial charge in [-0.05, 0) is 48.9 Å². The van der Waals surface area contributed by atoms with Crippen LogP contribution in [-0.4, -0.2) is 11.0 Å². The Bertz CT molecular complexity index is 886. The molecule has 4 nitrogen and oxygen atoms in total. The highest BCUT2D eigenvalue weighted by atomic mass is 35.5. The first-order valence-electron chi connectivity index (χ1n) is 7.45. The first-order valence-corrected chi connectivity index (χ1v) is 7.83. The van der Waals surface area contributed by atoms with Crippen molar-refractivity contribution in [1.82, 2.24) is 0 Å². The van der Waals surface area contributed by atoms with E-state index in [1.807, 2.05) is 25.1 Å². The van der Waals surface area contributed by atoms with Gasteiger partial charge in [0, 0.05) is 11.1 Å². The van der Waals surface area contributed by atoms with Crippen LogP contribution >= 0.6 is 11.6 Å². The Morgan fingerprint density at radius 2 is 1.96 bits per heavy atom. The predicted octanol–water partition coefficient (Wildman–Crippen LogP) is 4.65. The van der Waals surface area contributed by atoms with Crippen molar-refractivity contribution in [3.05, 3.63) is 76.5 Å². The van der Waals surface area contributed by atoms with Gasteiger partial charge in [0.1, 0.15) is 18.1 Å². The van der Waals surface area contributed by atoms with Gasteiger partial charge >= 0.3 is 0 Å². The van der Waals surface area contributed by atoms with Crippen molar-refractivity contribution in [2.45, 2.75) is 13.5 Å². The Morgan fingerprint density at radius 3 is 2.67 bits per heavy atom. The van der Waals surface area contributed by atoms with E-state index in [9.17, 15) is 4.79 Å². The van der Waals surface area contributed by atoms with Crippen molar-refractivity contribution >= 4 is 23.2 Å². The quantitative estimate of drug-likeness (QED) is 0.725. The number of benzene rings is 2. The molecule has 122 valence electrons. The standard InChI is InChI=1S/C19H16ClNO3/c1-12-4-2-3-5-15(12)19(23)21-17-10-13(6-8-16(17)20)18-9-7-14(11-22)24-18/h2-10,22H,11H2,1H3,(H,21,23). The van der Waals surface area contributed by atoms with Gasteiger partial charge in [-0.1, -0.05) is 29.8 Å². The monoisotopic (exact) mass is 341 g/mol. The normalized spacial score (nSPS) is 10.6. The molecule has 0 saturated carbocycles. The number of anilines is 1. The molecule has 5 heteroatoms. The highest BCUT2D eigenvalue weighted by Gasteiger charge is 2.12. The summed E-state index contributed by atoms with van der Waals surface area (Å²) in [4.78, 5) is 12.5.